The van der Waals surface area contributed by atoms with Crippen molar-refractivity contribution in [3.63, 3.8) is 0 Å². The summed E-state index contributed by atoms with van der Waals surface area (Å²) < 4.78 is 25.8. The molecule has 0 spiro atoms. The van der Waals surface area contributed by atoms with E-state index in [-0.39, 0.29) is 13.0 Å². The summed E-state index contributed by atoms with van der Waals surface area (Å²) in [5.74, 6) is -2.72. The van der Waals surface area contributed by atoms with Gasteiger partial charge in [-0.15, -0.1) is 0 Å². The Hall–Kier alpha value is -2.29. The Morgan fingerprint density at radius 3 is 2.11 bits per heavy atom. The SMILES string of the molecule is C.C=C(C)c1ccc(C)c(N=C(C)C)c1.CCc1ccccc1C(C)(F)F. The summed E-state index contributed by atoms with van der Waals surface area (Å²) in [5.41, 5.74) is 6.44. The highest BCUT2D eigenvalue weighted by atomic mass is 19.3. The number of aliphatic imine (C=N–C) groups is 1. The van der Waals surface area contributed by atoms with Gasteiger partial charge in [-0.3, -0.25) is 4.99 Å². The Balaban J connectivity index is 0.000000488. The molecule has 0 amide bonds. The summed E-state index contributed by atoms with van der Waals surface area (Å²) in [4.78, 5) is 4.48. The van der Waals surface area contributed by atoms with Gasteiger partial charge in [-0.2, -0.15) is 0 Å². The molecule has 0 aliphatic rings. The second kappa shape index (κ2) is 10.8. The molecule has 0 N–H and O–H groups in total. The first-order chi connectivity index (χ1) is 12.1. The van der Waals surface area contributed by atoms with Gasteiger partial charge in [0.25, 0.3) is 5.92 Å². The molecule has 0 fully saturated rings. The lowest BCUT2D eigenvalue weighted by Crippen LogP contribution is -2.09. The highest BCUT2D eigenvalue weighted by Crippen LogP contribution is 2.29. The van der Waals surface area contributed by atoms with E-state index >= 15 is 0 Å². The van der Waals surface area contributed by atoms with E-state index in [2.05, 4.69) is 36.7 Å². The Bertz CT molecular complexity index is 779. The summed E-state index contributed by atoms with van der Waals surface area (Å²) in [5, 5.41) is 0. The molecule has 0 atom stereocenters. The zero-order valence-electron chi connectivity index (χ0n) is 16.7. The van der Waals surface area contributed by atoms with E-state index in [0.29, 0.717) is 6.42 Å². The van der Waals surface area contributed by atoms with Crippen LogP contribution in [0, 0.1) is 6.92 Å². The van der Waals surface area contributed by atoms with Gasteiger partial charge in [0.05, 0.1) is 5.69 Å². The third-order valence-electron chi connectivity index (χ3n) is 3.92. The number of benzene rings is 2. The van der Waals surface area contributed by atoms with E-state index in [4.69, 9.17) is 0 Å². The normalized spacial score (nSPS) is 10.2. The van der Waals surface area contributed by atoms with Crippen molar-refractivity contribution in [3.8, 4) is 0 Å². The van der Waals surface area contributed by atoms with Crippen molar-refractivity contribution in [1.29, 1.82) is 0 Å². The quantitative estimate of drug-likeness (QED) is 0.480. The highest BCUT2D eigenvalue weighted by Gasteiger charge is 2.26. The molecular weight excluding hydrogens is 340 g/mol. The van der Waals surface area contributed by atoms with Gasteiger partial charge < -0.3 is 0 Å². The monoisotopic (exact) mass is 373 g/mol. The number of allylic oxidation sites excluding steroid dienone is 1. The second-order valence-corrected chi connectivity index (χ2v) is 6.74. The van der Waals surface area contributed by atoms with Gasteiger partial charge in [-0.05, 0) is 56.9 Å². The van der Waals surface area contributed by atoms with Crippen LogP contribution in [0.5, 0.6) is 0 Å². The molecule has 2 rings (SSSR count). The lowest BCUT2D eigenvalue weighted by Gasteiger charge is -2.14. The average molecular weight is 374 g/mol. The first-order valence-electron chi connectivity index (χ1n) is 8.80. The van der Waals surface area contributed by atoms with Gasteiger partial charge in [0, 0.05) is 18.2 Å². The van der Waals surface area contributed by atoms with Gasteiger partial charge in [-0.1, -0.05) is 62.9 Å². The van der Waals surface area contributed by atoms with Crippen LogP contribution in [0.4, 0.5) is 14.5 Å². The molecule has 0 aliphatic carbocycles. The second-order valence-electron chi connectivity index (χ2n) is 6.74. The van der Waals surface area contributed by atoms with Gasteiger partial charge in [0.15, 0.2) is 0 Å². The van der Waals surface area contributed by atoms with Crippen LogP contribution in [-0.4, -0.2) is 5.71 Å². The number of nitrogens with zero attached hydrogens (tertiary/aromatic N) is 1. The minimum Gasteiger partial charge on any atom is -0.258 e. The largest absolute Gasteiger partial charge is 0.270 e. The molecule has 0 saturated carbocycles. The number of hydrogen-bond donors (Lipinski definition) is 0. The van der Waals surface area contributed by atoms with E-state index in [1.54, 1.807) is 18.2 Å². The minimum absolute atomic E-state index is 0. The third kappa shape index (κ3) is 7.86. The number of alkyl halides is 2. The van der Waals surface area contributed by atoms with E-state index < -0.39 is 5.92 Å². The van der Waals surface area contributed by atoms with E-state index in [9.17, 15) is 8.78 Å². The van der Waals surface area contributed by atoms with Crippen molar-refractivity contribution in [2.75, 3.05) is 0 Å². The fourth-order valence-corrected chi connectivity index (χ4v) is 2.49. The van der Waals surface area contributed by atoms with Crippen LogP contribution in [-0.2, 0) is 12.3 Å². The van der Waals surface area contributed by atoms with Crippen LogP contribution in [0.15, 0.2) is 54.0 Å². The molecule has 0 aliphatic heterocycles. The maximum atomic E-state index is 12.9. The summed E-state index contributed by atoms with van der Waals surface area (Å²) in [6, 6.07) is 12.9. The zero-order valence-corrected chi connectivity index (χ0v) is 16.7. The number of aryl methyl sites for hydroxylation is 2. The summed E-state index contributed by atoms with van der Waals surface area (Å²) in [6.45, 7) is 14.8. The van der Waals surface area contributed by atoms with Gasteiger partial charge in [-0.25, -0.2) is 8.78 Å². The number of rotatable bonds is 4. The van der Waals surface area contributed by atoms with Crippen LogP contribution in [0.2, 0.25) is 0 Å². The molecule has 0 radical (unpaired) electrons. The molecule has 0 heterocycles. The summed E-state index contributed by atoms with van der Waals surface area (Å²) in [7, 11) is 0. The standard InChI is InChI=1S/C13H17N.C10H12F2.CH4/c1-9(2)12-7-6-11(5)13(8-12)14-10(3)4;1-3-8-6-4-5-7-9(8)10(2,11)12;/h6-8H,1H2,2-5H3;4-7H,3H2,1-2H3;1H4. The van der Waals surface area contributed by atoms with Crippen molar-refractivity contribution >= 4 is 17.0 Å². The number of hydrogen-bond acceptors (Lipinski definition) is 1. The van der Waals surface area contributed by atoms with Crippen molar-refractivity contribution in [3.05, 3.63) is 71.3 Å². The fraction of sp³-hybridized carbons (Fsp3) is 0.375. The van der Waals surface area contributed by atoms with E-state index in [1.807, 2.05) is 27.7 Å². The maximum absolute atomic E-state index is 12.9. The lowest BCUT2D eigenvalue weighted by atomic mass is 10.0. The fourth-order valence-electron chi connectivity index (χ4n) is 2.49. The van der Waals surface area contributed by atoms with Crippen molar-refractivity contribution in [2.24, 2.45) is 4.99 Å². The van der Waals surface area contributed by atoms with Crippen LogP contribution < -0.4 is 0 Å². The molecule has 0 bridgehead atoms. The Kier molecular flexibility index (Phi) is 9.85. The molecule has 2 aromatic rings. The number of halogens is 2. The van der Waals surface area contributed by atoms with Crippen molar-refractivity contribution < 1.29 is 8.78 Å². The molecule has 0 saturated heterocycles. The molecular formula is C24H33F2N. The molecule has 27 heavy (non-hydrogen) atoms. The Labute approximate surface area is 163 Å². The van der Waals surface area contributed by atoms with Crippen molar-refractivity contribution in [2.45, 2.75) is 61.3 Å². The predicted octanol–water partition coefficient (Wildman–Crippen LogP) is 8.14. The average Bonchev–Trinajstić information content (AvgIpc) is 2.56. The summed E-state index contributed by atoms with van der Waals surface area (Å²) >= 11 is 0. The van der Waals surface area contributed by atoms with Gasteiger partial charge >= 0.3 is 0 Å². The molecule has 148 valence electrons. The van der Waals surface area contributed by atoms with Crippen LogP contribution in [0.1, 0.15) is 64.3 Å². The highest BCUT2D eigenvalue weighted by molar-refractivity contribution is 5.83. The maximum Gasteiger partial charge on any atom is 0.270 e. The topological polar surface area (TPSA) is 12.4 Å². The first kappa shape index (κ1) is 24.7. The Morgan fingerprint density at radius 2 is 1.67 bits per heavy atom. The molecule has 0 unspecified atom stereocenters. The molecule has 3 heteroatoms. The van der Waals surface area contributed by atoms with E-state index in [1.165, 1.54) is 11.6 Å². The molecule has 0 aromatic heterocycles. The van der Waals surface area contributed by atoms with Crippen molar-refractivity contribution in [1.82, 2.24) is 0 Å². The van der Waals surface area contributed by atoms with Crippen LogP contribution in [0.3, 0.4) is 0 Å². The van der Waals surface area contributed by atoms with Gasteiger partial charge in [0.1, 0.15) is 0 Å². The lowest BCUT2D eigenvalue weighted by molar-refractivity contribution is 0.0166. The minimum atomic E-state index is -2.72. The van der Waals surface area contributed by atoms with Crippen LogP contribution >= 0.6 is 0 Å². The third-order valence-corrected chi connectivity index (χ3v) is 3.92. The molecule has 2 aromatic carbocycles. The summed E-state index contributed by atoms with van der Waals surface area (Å²) in [6.07, 6.45) is 0.652. The predicted molar refractivity (Wildman–Crippen MR) is 116 cm³/mol. The zero-order chi connectivity index (χ0) is 19.9. The van der Waals surface area contributed by atoms with Gasteiger partial charge in [0.2, 0.25) is 0 Å². The molecule has 1 nitrogen and oxygen atoms in total. The van der Waals surface area contributed by atoms with E-state index in [0.717, 1.165) is 35.0 Å². The first-order valence-corrected chi connectivity index (χ1v) is 8.80. The Morgan fingerprint density at radius 1 is 1.07 bits per heavy atom. The smallest absolute Gasteiger partial charge is 0.258 e. The van der Waals surface area contributed by atoms with Crippen LogP contribution in [0.25, 0.3) is 5.57 Å².